The molecular formula is C17H26N4O4S. The summed E-state index contributed by atoms with van der Waals surface area (Å²) in [5.41, 5.74) is -1.11. The van der Waals surface area contributed by atoms with Gasteiger partial charge < -0.3 is 5.32 Å². The van der Waals surface area contributed by atoms with Gasteiger partial charge in [-0.05, 0) is 38.0 Å². The normalized spacial score (nSPS) is 27.1. The fourth-order valence-electron chi connectivity index (χ4n) is 4.51. The van der Waals surface area contributed by atoms with Crippen LogP contribution in [0.2, 0.25) is 0 Å². The third-order valence-corrected chi connectivity index (χ3v) is 7.52. The van der Waals surface area contributed by atoms with Crippen LogP contribution in [0.5, 0.6) is 0 Å². The maximum atomic E-state index is 12.8. The minimum absolute atomic E-state index is 0.0129. The molecule has 1 amide bonds. The van der Waals surface area contributed by atoms with Crippen LogP contribution in [0.3, 0.4) is 0 Å². The molecule has 0 aromatic carbocycles. The first-order valence-corrected chi connectivity index (χ1v) is 10.5. The third-order valence-electron chi connectivity index (χ3n) is 6.12. The van der Waals surface area contributed by atoms with E-state index in [1.165, 1.54) is 6.20 Å². The first-order valence-electron chi connectivity index (χ1n) is 8.87. The monoisotopic (exact) mass is 382 g/mol. The first-order chi connectivity index (χ1) is 12.0. The Morgan fingerprint density at radius 2 is 2.12 bits per heavy atom. The minimum atomic E-state index is -3.83. The van der Waals surface area contributed by atoms with Gasteiger partial charge in [0.25, 0.3) is 5.91 Å². The Morgan fingerprint density at radius 3 is 2.65 bits per heavy atom. The molecule has 2 fully saturated rings. The van der Waals surface area contributed by atoms with E-state index in [2.05, 4.69) is 20.2 Å². The van der Waals surface area contributed by atoms with E-state index in [0.29, 0.717) is 12.8 Å². The van der Waals surface area contributed by atoms with E-state index in [9.17, 15) is 18.0 Å². The molecule has 1 aromatic heterocycles. The van der Waals surface area contributed by atoms with Crippen LogP contribution in [-0.2, 0) is 14.8 Å². The van der Waals surface area contributed by atoms with Crippen LogP contribution in [0, 0.1) is 16.7 Å². The minimum Gasteiger partial charge on any atom is -0.348 e. The van der Waals surface area contributed by atoms with E-state index in [0.717, 1.165) is 6.42 Å². The van der Waals surface area contributed by atoms with Gasteiger partial charge in [-0.25, -0.2) is 8.42 Å². The molecular weight excluding hydrogens is 356 g/mol. The number of carbonyl (C=O) groups is 2. The van der Waals surface area contributed by atoms with Crippen molar-refractivity contribution in [2.24, 2.45) is 16.7 Å². The molecule has 3 rings (SSSR count). The summed E-state index contributed by atoms with van der Waals surface area (Å²) in [6.07, 6.45) is 3.26. The Morgan fingerprint density at radius 1 is 1.42 bits per heavy atom. The number of hydrogen-bond acceptors (Lipinski definition) is 5. The zero-order valence-electron chi connectivity index (χ0n) is 15.5. The molecule has 26 heavy (non-hydrogen) atoms. The van der Waals surface area contributed by atoms with Crippen LogP contribution in [0.1, 0.15) is 57.4 Å². The number of fused-ring (bicyclic) bond motifs is 2. The average Bonchev–Trinajstić information content (AvgIpc) is 3.08. The molecule has 0 spiro atoms. The number of nitrogens with one attached hydrogen (secondary N) is 3. The maximum Gasteiger partial charge on any atom is 0.274 e. The number of carbonyl (C=O) groups excluding carboxylic acids is 2. The molecule has 3 N–H and O–H groups in total. The molecule has 2 aliphatic rings. The molecule has 1 unspecified atom stereocenters. The zero-order valence-corrected chi connectivity index (χ0v) is 16.4. The lowest BCUT2D eigenvalue weighted by Crippen LogP contribution is -2.43. The van der Waals surface area contributed by atoms with Gasteiger partial charge >= 0.3 is 0 Å². The van der Waals surface area contributed by atoms with Crippen molar-refractivity contribution in [2.45, 2.75) is 53.0 Å². The van der Waals surface area contributed by atoms with Crippen LogP contribution in [0.25, 0.3) is 0 Å². The van der Waals surface area contributed by atoms with E-state index in [1.807, 2.05) is 13.8 Å². The summed E-state index contributed by atoms with van der Waals surface area (Å²) in [6.45, 7) is 7.59. The Balaban J connectivity index is 1.82. The van der Waals surface area contributed by atoms with Crippen molar-refractivity contribution >= 4 is 27.4 Å². The van der Waals surface area contributed by atoms with Crippen molar-refractivity contribution in [2.75, 3.05) is 10.5 Å². The number of ketones is 1. The van der Waals surface area contributed by atoms with Gasteiger partial charge in [-0.15, -0.1) is 0 Å². The van der Waals surface area contributed by atoms with Crippen LogP contribution in [0.15, 0.2) is 6.20 Å². The van der Waals surface area contributed by atoms with E-state index < -0.39 is 21.3 Å². The molecule has 144 valence electrons. The quantitative estimate of drug-likeness (QED) is 0.691. The average molecular weight is 382 g/mol. The lowest BCUT2D eigenvalue weighted by molar-refractivity contribution is -0.128. The number of amides is 1. The van der Waals surface area contributed by atoms with Crippen LogP contribution < -0.4 is 10.0 Å². The van der Waals surface area contributed by atoms with Gasteiger partial charge in [0.2, 0.25) is 10.0 Å². The smallest absolute Gasteiger partial charge is 0.274 e. The van der Waals surface area contributed by atoms with E-state index in [4.69, 9.17) is 0 Å². The third kappa shape index (κ3) is 2.91. The van der Waals surface area contributed by atoms with E-state index >= 15 is 0 Å². The van der Waals surface area contributed by atoms with Gasteiger partial charge in [0.1, 0.15) is 5.78 Å². The molecule has 2 saturated carbocycles. The van der Waals surface area contributed by atoms with Gasteiger partial charge in [-0.3, -0.25) is 19.4 Å². The SMILES string of the molecule is CC(C)NC(=O)c1n[nH]cc1NS(=O)(=O)C[C@]12CCC(CC1=O)C2(C)C. The van der Waals surface area contributed by atoms with E-state index in [-0.39, 0.29) is 40.3 Å². The largest absolute Gasteiger partial charge is 0.348 e. The Labute approximate surface area is 153 Å². The summed E-state index contributed by atoms with van der Waals surface area (Å²) in [4.78, 5) is 24.7. The van der Waals surface area contributed by atoms with Crippen molar-refractivity contribution in [1.82, 2.24) is 15.5 Å². The second-order valence-corrected chi connectivity index (χ2v) is 10.0. The molecule has 0 saturated heterocycles. The molecule has 8 nitrogen and oxygen atoms in total. The Bertz CT molecular complexity index is 843. The summed E-state index contributed by atoms with van der Waals surface area (Å²) in [5.74, 6) is -0.449. The molecule has 1 heterocycles. The predicted molar refractivity (Wildman–Crippen MR) is 97.2 cm³/mol. The second kappa shape index (κ2) is 6.07. The van der Waals surface area contributed by atoms with Gasteiger partial charge in [-0.2, -0.15) is 5.10 Å². The summed E-state index contributed by atoms with van der Waals surface area (Å²) < 4.78 is 28.1. The first kappa shape index (κ1) is 18.9. The highest BCUT2D eigenvalue weighted by Crippen LogP contribution is 2.64. The number of anilines is 1. The van der Waals surface area contributed by atoms with E-state index in [1.54, 1.807) is 13.8 Å². The van der Waals surface area contributed by atoms with Crippen molar-refractivity contribution in [3.8, 4) is 0 Å². The molecule has 2 aliphatic carbocycles. The highest BCUT2D eigenvalue weighted by Gasteiger charge is 2.65. The number of Topliss-reactive ketones (excluding diaryl/α,β-unsaturated/α-hetero) is 1. The maximum absolute atomic E-state index is 12.8. The highest BCUT2D eigenvalue weighted by atomic mass is 32.2. The fraction of sp³-hybridized carbons (Fsp3) is 0.706. The summed E-state index contributed by atoms with van der Waals surface area (Å²) in [6, 6.07) is -0.102. The number of sulfonamides is 1. The molecule has 2 bridgehead atoms. The topological polar surface area (TPSA) is 121 Å². The number of hydrogen-bond donors (Lipinski definition) is 3. The number of aromatic amines is 1. The molecule has 2 atom stereocenters. The fourth-order valence-corrected chi connectivity index (χ4v) is 6.40. The standard InChI is InChI=1S/C17H26N4O4S/c1-10(2)19-15(23)14-12(8-18-20-14)21-26(24,25)9-17-6-5-11(7-13(17)22)16(17,3)4/h8,10-11,21H,5-7,9H2,1-4H3,(H,18,20)(H,19,23)/t11?,17-/m1/s1. The van der Waals surface area contributed by atoms with Gasteiger partial charge in [0.05, 0.1) is 16.9 Å². The molecule has 1 aromatic rings. The predicted octanol–water partition coefficient (Wildman–Crippen LogP) is 1.68. The molecule has 0 aliphatic heterocycles. The Hall–Kier alpha value is -1.90. The van der Waals surface area contributed by atoms with Crippen molar-refractivity contribution in [3.05, 3.63) is 11.9 Å². The number of rotatable bonds is 6. The zero-order chi connectivity index (χ0) is 19.3. The summed E-state index contributed by atoms with van der Waals surface area (Å²) in [7, 11) is -3.83. The Kier molecular flexibility index (Phi) is 4.41. The lowest BCUT2D eigenvalue weighted by Gasteiger charge is -2.36. The van der Waals surface area contributed by atoms with Crippen molar-refractivity contribution < 1.29 is 18.0 Å². The van der Waals surface area contributed by atoms with Crippen molar-refractivity contribution in [1.29, 1.82) is 0 Å². The van der Waals surface area contributed by atoms with Crippen LogP contribution >= 0.6 is 0 Å². The van der Waals surface area contributed by atoms with Crippen LogP contribution in [-0.4, -0.2) is 42.1 Å². The summed E-state index contributed by atoms with van der Waals surface area (Å²) in [5, 5.41) is 9.04. The lowest BCUT2D eigenvalue weighted by atomic mass is 9.70. The van der Waals surface area contributed by atoms with Crippen LogP contribution in [0.4, 0.5) is 5.69 Å². The molecule has 9 heteroatoms. The highest BCUT2D eigenvalue weighted by molar-refractivity contribution is 7.92. The summed E-state index contributed by atoms with van der Waals surface area (Å²) >= 11 is 0. The number of H-pyrrole nitrogens is 1. The number of nitrogens with zero attached hydrogens (tertiary/aromatic N) is 1. The second-order valence-electron chi connectivity index (χ2n) is 8.30. The van der Waals surface area contributed by atoms with Gasteiger partial charge in [0, 0.05) is 18.7 Å². The molecule has 0 radical (unpaired) electrons. The van der Waals surface area contributed by atoms with Crippen molar-refractivity contribution in [3.63, 3.8) is 0 Å². The van der Waals surface area contributed by atoms with Gasteiger partial charge in [-0.1, -0.05) is 13.8 Å². The van der Waals surface area contributed by atoms with Gasteiger partial charge in [0.15, 0.2) is 5.69 Å². The number of aromatic nitrogens is 2.